The Balaban J connectivity index is 1.53. The second kappa shape index (κ2) is 20.1. The zero-order valence-electron chi connectivity index (χ0n) is 31.5. The zero-order chi connectivity index (χ0) is 35.7. The van der Waals surface area contributed by atoms with Crippen LogP contribution >= 0.6 is 0 Å². The summed E-state index contributed by atoms with van der Waals surface area (Å²) in [6.45, 7) is 15.7. The van der Waals surface area contributed by atoms with Gasteiger partial charge in [0.05, 0.1) is 6.61 Å². The molecule has 49 heavy (non-hydrogen) atoms. The molecule has 6 nitrogen and oxygen atoms in total. The molecule has 2 aromatic carbocycles. The average Bonchev–Trinajstić information content (AvgIpc) is 3.05. The van der Waals surface area contributed by atoms with E-state index in [9.17, 15) is 10.2 Å². The first-order chi connectivity index (χ1) is 23.4. The Morgan fingerprint density at radius 2 is 1.27 bits per heavy atom. The number of unbranched alkanes of at least 4 members (excludes halogenated alkanes) is 13. The molecule has 2 N–H and O–H groups in total. The van der Waals surface area contributed by atoms with Gasteiger partial charge in [-0.05, 0) is 59.2 Å². The van der Waals surface area contributed by atoms with Crippen LogP contribution in [-0.4, -0.2) is 34.2 Å². The van der Waals surface area contributed by atoms with Gasteiger partial charge in [-0.1, -0.05) is 138 Å². The fourth-order valence-corrected chi connectivity index (χ4v) is 5.83. The van der Waals surface area contributed by atoms with E-state index in [0.717, 1.165) is 17.5 Å². The number of phenols is 2. The molecule has 0 saturated heterocycles. The average molecular weight is 670 g/mol. The molecule has 1 aromatic heterocycles. The smallest absolute Gasteiger partial charge is 0.178 e. The van der Waals surface area contributed by atoms with Gasteiger partial charge >= 0.3 is 0 Å². The van der Waals surface area contributed by atoms with Crippen molar-refractivity contribution in [2.24, 2.45) is 9.98 Å². The number of nitrogens with zero attached hydrogens (tertiary/aromatic N) is 3. The predicted octanol–water partition coefficient (Wildman–Crippen LogP) is 12.4. The second-order valence-electron chi connectivity index (χ2n) is 15.5. The molecule has 268 valence electrons. The molecule has 0 fully saturated rings. The fraction of sp³-hybridized carbons (Fsp3) is 0.558. The lowest BCUT2D eigenvalue weighted by Gasteiger charge is -2.26. The van der Waals surface area contributed by atoms with Crippen LogP contribution in [0.5, 0.6) is 17.2 Å². The van der Waals surface area contributed by atoms with E-state index < -0.39 is 0 Å². The van der Waals surface area contributed by atoms with Crippen molar-refractivity contribution in [3.8, 4) is 17.2 Å². The lowest BCUT2D eigenvalue weighted by Crippen LogP contribution is -2.17. The number of aliphatic imine (C=N–C) groups is 2. The van der Waals surface area contributed by atoms with Crippen LogP contribution in [0.3, 0.4) is 0 Å². The molecule has 1 heterocycles. The third-order valence-electron chi connectivity index (χ3n) is 9.01. The monoisotopic (exact) mass is 669 g/mol. The van der Waals surface area contributed by atoms with Crippen LogP contribution in [0.1, 0.15) is 161 Å². The maximum atomic E-state index is 11.2. The van der Waals surface area contributed by atoms with Gasteiger partial charge in [-0.2, -0.15) is 0 Å². The van der Waals surface area contributed by atoms with E-state index in [1.54, 1.807) is 42.9 Å². The van der Waals surface area contributed by atoms with Crippen molar-refractivity contribution in [2.75, 3.05) is 6.61 Å². The van der Waals surface area contributed by atoms with Crippen LogP contribution in [-0.2, 0) is 10.8 Å². The maximum absolute atomic E-state index is 11.2. The molecule has 3 aromatic rings. The fourth-order valence-electron chi connectivity index (χ4n) is 5.83. The van der Waals surface area contributed by atoms with Gasteiger partial charge in [-0.3, -0.25) is 4.99 Å². The summed E-state index contributed by atoms with van der Waals surface area (Å²) in [4.78, 5) is 13.7. The first kappa shape index (κ1) is 39.8. The van der Waals surface area contributed by atoms with Crippen molar-refractivity contribution in [1.82, 2.24) is 4.98 Å². The van der Waals surface area contributed by atoms with Crippen LogP contribution in [0.2, 0.25) is 0 Å². The summed E-state index contributed by atoms with van der Waals surface area (Å²) in [5.74, 6) is 1.47. The summed E-state index contributed by atoms with van der Waals surface area (Å²) in [5.41, 5.74) is 3.44. The molecule has 0 radical (unpaired) electrons. The Morgan fingerprint density at radius 3 is 1.86 bits per heavy atom. The summed E-state index contributed by atoms with van der Waals surface area (Å²) < 4.78 is 6.01. The number of hydrogen-bond acceptors (Lipinski definition) is 6. The van der Waals surface area contributed by atoms with E-state index in [1.807, 2.05) is 12.1 Å². The molecule has 0 spiro atoms. The quantitative estimate of drug-likeness (QED) is 0.0925. The highest BCUT2D eigenvalue weighted by Gasteiger charge is 2.24. The summed E-state index contributed by atoms with van der Waals surface area (Å²) in [6, 6.07) is 13.0. The van der Waals surface area contributed by atoms with Gasteiger partial charge in [0.1, 0.15) is 22.9 Å². The molecule has 3 rings (SSSR count). The number of rotatable bonds is 20. The Hall–Kier alpha value is -3.67. The van der Waals surface area contributed by atoms with E-state index in [-0.39, 0.29) is 22.3 Å². The summed E-state index contributed by atoms with van der Waals surface area (Å²) in [6.07, 6.45) is 23.5. The number of benzene rings is 2. The van der Waals surface area contributed by atoms with Crippen molar-refractivity contribution in [2.45, 2.75) is 149 Å². The molecular weight excluding hydrogens is 606 g/mol. The number of aromatic hydroxyl groups is 2. The number of aromatic nitrogens is 1. The topological polar surface area (TPSA) is 87.3 Å². The van der Waals surface area contributed by atoms with E-state index >= 15 is 0 Å². The van der Waals surface area contributed by atoms with E-state index in [2.05, 4.69) is 64.5 Å². The highest BCUT2D eigenvalue weighted by Crippen LogP contribution is 2.37. The van der Waals surface area contributed by atoms with E-state index in [4.69, 9.17) is 9.73 Å². The molecule has 0 amide bonds. The molecule has 6 heteroatoms. The minimum Gasteiger partial charge on any atom is -0.507 e. The van der Waals surface area contributed by atoms with Gasteiger partial charge in [-0.15, -0.1) is 0 Å². The summed E-state index contributed by atoms with van der Waals surface area (Å²) in [5, 5.41) is 21.7. The molecule has 0 saturated carbocycles. The number of hydrogen-bond donors (Lipinski definition) is 2. The van der Waals surface area contributed by atoms with E-state index in [1.165, 1.54) is 83.5 Å². The highest BCUT2D eigenvalue weighted by atomic mass is 16.5. The SMILES string of the molecule is CCCCCCCCCCCCCCCCOc1ccc(O)c(/C=N/c2ncccc2N=Cc2cc(C(C)(C)C)cc(C(C)(C)C)c2O)c1. The van der Waals surface area contributed by atoms with Crippen molar-refractivity contribution in [3.63, 3.8) is 0 Å². The van der Waals surface area contributed by atoms with Crippen molar-refractivity contribution in [1.29, 1.82) is 0 Å². The summed E-state index contributed by atoms with van der Waals surface area (Å²) in [7, 11) is 0. The largest absolute Gasteiger partial charge is 0.507 e. The third-order valence-corrected chi connectivity index (χ3v) is 9.01. The second-order valence-corrected chi connectivity index (χ2v) is 15.5. The Kier molecular flexibility index (Phi) is 16.3. The first-order valence-corrected chi connectivity index (χ1v) is 18.8. The van der Waals surface area contributed by atoms with E-state index in [0.29, 0.717) is 35.0 Å². The first-order valence-electron chi connectivity index (χ1n) is 18.8. The lowest BCUT2D eigenvalue weighted by molar-refractivity contribution is 0.303. The summed E-state index contributed by atoms with van der Waals surface area (Å²) >= 11 is 0. The molecule has 0 aliphatic rings. The van der Waals surface area contributed by atoms with Crippen LogP contribution in [0.25, 0.3) is 0 Å². The minimum atomic E-state index is -0.232. The molecule has 0 aliphatic carbocycles. The Labute approximate surface area is 297 Å². The standard InChI is InChI=1S/C43H63N3O3/c1-8-9-10-11-12-13-14-15-16-17-18-19-20-21-27-49-36-24-25-39(47)33(29-36)31-46-41-38(23-22-26-44-41)45-32-34-28-35(42(2,3)4)30-37(40(34)48)43(5,6)7/h22-26,28-32,47-48H,8-21,27H2,1-7H3/b45-32?,46-31+. The molecular formula is C43H63N3O3. The predicted molar refractivity (Wildman–Crippen MR) is 208 cm³/mol. The zero-order valence-corrected chi connectivity index (χ0v) is 31.5. The van der Waals surface area contributed by atoms with Gasteiger partial charge in [0.15, 0.2) is 5.82 Å². The van der Waals surface area contributed by atoms with Gasteiger partial charge in [0, 0.05) is 35.3 Å². The van der Waals surface area contributed by atoms with Crippen LogP contribution < -0.4 is 4.74 Å². The molecule has 0 bridgehead atoms. The number of pyridine rings is 1. The molecule has 0 aliphatic heterocycles. The number of phenolic OH excluding ortho intramolecular Hbond substituents is 2. The van der Waals surface area contributed by atoms with Gasteiger partial charge < -0.3 is 14.9 Å². The minimum absolute atomic E-state index is 0.0908. The Bertz CT molecular complexity index is 1480. The molecule has 0 atom stereocenters. The normalized spacial score (nSPS) is 12.4. The van der Waals surface area contributed by atoms with Gasteiger partial charge in [-0.25, -0.2) is 9.98 Å². The van der Waals surface area contributed by atoms with Crippen molar-refractivity contribution < 1.29 is 14.9 Å². The number of ether oxygens (including phenoxy) is 1. The lowest BCUT2D eigenvalue weighted by atomic mass is 9.79. The van der Waals surface area contributed by atoms with Crippen molar-refractivity contribution in [3.05, 3.63) is 70.9 Å². The third kappa shape index (κ3) is 14.0. The Morgan fingerprint density at radius 1 is 0.673 bits per heavy atom. The van der Waals surface area contributed by atoms with Crippen LogP contribution in [0.15, 0.2) is 58.6 Å². The van der Waals surface area contributed by atoms with Gasteiger partial charge in [0.2, 0.25) is 0 Å². The highest BCUT2D eigenvalue weighted by molar-refractivity contribution is 5.89. The van der Waals surface area contributed by atoms with Crippen molar-refractivity contribution >= 4 is 23.9 Å². The van der Waals surface area contributed by atoms with Gasteiger partial charge in [0.25, 0.3) is 0 Å². The maximum Gasteiger partial charge on any atom is 0.178 e. The molecule has 0 unspecified atom stereocenters. The van der Waals surface area contributed by atoms with Crippen LogP contribution in [0.4, 0.5) is 11.5 Å². The van der Waals surface area contributed by atoms with Crippen LogP contribution in [0, 0.1) is 0 Å².